The fourth-order valence-electron chi connectivity index (χ4n) is 2.53. The van der Waals surface area contributed by atoms with E-state index in [1.54, 1.807) is 31.6 Å². The molecule has 7 heteroatoms. The summed E-state index contributed by atoms with van der Waals surface area (Å²) in [4.78, 5) is 19.9. The largest absolute Gasteiger partial charge is 0.481 e. The molecule has 0 amide bonds. The maximum Gasteiger partial charge on any atom is 0.282 e. The molecule has 2 aliphatic heterocycles. The molecule has 0 fully saturated rings. The summed E-state index contributed by atoms with van der Waals surface area (Å²) in [5.74, 6) is 0.488. The number of benzene rings is 1. The number of hydrogen-bond donors (Lipinski definition) is 1. The molecule has 23 heavy (non-hydrogen) atoms. The fraction of sp³-hybridized carbons (Fsp3) is 0.0625. The number of pyridine rings is 2. The Hall–Kier alpha value is -2.67. The third kappa shape index (κ3) is 2.20. The Bertz CT molecular complexity index is 1040. The number of aromatic nitrogens is 4. The average Bonchev–Trinajstić information content (AvgIpc) is 2.92. The minimum atomic E-state index is -0.187. The summed E-state index contributed by atoms with van der Waals surface area (Å²) in [6.07, 6.45) is 3.25. The second kappa shape index (κ2) is 5.20. The van der Waals surface area contributed by atoms with Crippen molar-refractivity contribution in [1.82, 2.24) is 19.7 Å². The van der Waals surface area contributed by atoms with Gasteiger partial charge >= 0.3 is 0 Å². The van der Waals surface area contributed by atoms with Crippen LogP contribution in [0.2, 0.25) is 0 Å². The Morgan fingerprint density at radius 2 is 2.13 bits per heavy atom. The number of aromatic amines is 1. The Labute approximate surface area is 139 Å². The van der Waals surface area contributed by atoms with Crippen molar-refractivity contribution in [2.75, 3.05) is 7.11 Å². The van der Waals surface area contributed by atoms with Gasteiger partial charge in [-0.2, -0.15) is 9.78 Å². The SMILES string of the molecule is COc1ccc(-n2nc3c4ccc(Br)cc4[nH]cc-3c2=O)cn1. The Balaban J connectivity index is 1.97. The summed E-state index contributed by atoms with van der Waals surface area (Å²) in [5, 5.41) is 5.38. The number of methoxy groups -OCH3 is 1. The minimum absolute atomic E-state index is 0.187. The van der Waals surface area contributed by atoms with Gasteiger partial charge in [0.2, 0.25) is 5.88 Å². The molecule has 1 aromatic heterocycles. The number of H-pyrrole nitrogens is 1. The second-order valence-corrected chi connectivity index (χ2v) is 5.93. The van der Waals surface area contributed by atoms with Crippen molar-refractivity contribution < 1.29 is 4.74 Å². The van der Waals surface area contributed by atoms with E-state index in [1.807, 2.05) is 18.2 Å². The molecule has 2 aliphatic rings. The van der Waals surface area contributed by atoms with Crippen LogP contribution < -0.4 is 10.3 Å². The van der Waals surface area contributed by atoms with E-state index in [0.717, 1.165) is 15.4 Å². The van der Waals surface area contributed by atoms with Crippen LogP contribution in [0.4, 0.5) is 0 Å². The van der Waals surface area contributed by atoms with E-state index in [1.165, 1.54) is 4.68 Å². The number of halogens is 1. The summed E-state index contributed by atoms with van der Waals surface area (Å²) >= 11 is 3.44. The number of nitrogens with zero attached hydrogens (tertiary/aromatic N) is 3. The van der Waals surface area contributed by atoms with E-state index >= 15 is 0 Å². The van der Waals surface area contributed by atoms with Crippen LogP contribution in [0, 0.1) is 0 Å². The van der Waals surface area contributed by atoms with Crippen molar-refractivity contribution in [3.05, 3.63) is 57.6 Å². The first-order chi connectivity index (χ1) is 11.2. The predicted octanol–water partition coefficient (Wildman–Crippen LogP) is 2.98. The lowest BCUT2D eigenvalue weighted by molar-refractivity contribution is 0.397. The van der Waals surface area contributed by atoms with Crippen LogP contribution in [-0.4, -0.2) is 26.9 Å². The Morgan fingerprint density at radius 3 is 2.87 bits per heavy atom. The van der Waals surface area contributed by atoms with Crippen molar-refractivity contribution in [2.45, 2.75) is 0 Å². The van der Waals surface area contributed by atoms with Crippen molar-refractivity contribution in [3.8, 4) is 22.8 Å². The topological polar surface area (TPSA) is 72.8 Å². The molecule has 114 valence electrons. The zero-order valence-electron chi connectivity index (χ0n) is 12.1. The summed E-state index contributed by atoms with van der Waals surface area (Å²) in [6.45, 7) is 0. The standard InChI is InChI=1S/C16H11BrN4O2/c1-23-14-5-3-10(7-19-14)21-16(22)12-8-18-13-6-9(17)2-4-11(13)15(12)20-21/h2-8,18H,1H3. The van der Waals surface area contributed by atoms with Gasteiger partial charge in [-0.15, -0.1) is 0 Å². The summed E-state index contributed by atoms with van der Waals surface area (Å²) in [6, 6.07) is 9.26. The highest BCUT2D eigenvalue weighted by Crippen LogP contribution is 2.27. The zero-order chi connectivity index (χ0) is 16.0. The van der Waals surface area contributed by atoms with E-state index in [0.29, 0.717) is 22.8 Å². The highest BCUT2D eigenvalue weighted by atomic mass is 79.9. The van der Waals surface area contributed by atoms with Gasteiger partial charge < -0.3 is 9.72 Å². The van der Waals surface area contributed by atoms with Crippen molar-refractivity contribution in [1.29, 1.82) is 0 Å². The lowest BCUT2D eigenvalue weighted by Gasteiger charge is -2.02. The van der Waals surface area contributed by atoms with E-state index in [4.69, 9.17) is 4.74 Å². The molecule has 0 atom stereocenters. The maximum absolute atomic E-state index is 12.6. The van der Waals surface area contributed by atoms with Gasteiger partial charge in [-0.05, 0) is 24.3 Å². The molecule has 0 aliphatic carbocycles. The van der Waals surface area contributed by atoms with Gasteiger partial charge in [-0.3, -0.25) is 4.79 Å². The highest BCUT2D eigenvalue weighted by molar-refractivity contribution is 9.10. The smallest absolute Gasteiger partial charge is 0.282 e. The van der Waals surface area contributed by atoms with E-state index in [2.05, 4.69) is 31.0 Å². The predicted molar refractivity (Wildman–Crippen MR) is 90.4 cm³/mol. The molecule has 1 aromatic carbocycles. The van der Waals surface area contributed by atoms with Gasteiger partial charge in [0.05, 0.1) is 24.6 Å². The fourth-order valence-corrected chi connectivity index (χ4v) is 2.89. The van der Waals surface area contributed by atoms with Gasteiger partial charge in [-0.25, -0.2) is 4.98 Å². The third-order valence-electron chi connectivity index (χ3n) is 3.66. The molecule has 0 saturated heterocycles. The molecule has 1 N–H and O–H groups in total. The van der Waals surface area contributed by atoms with Gasteiger partial charge in [0.1, 0.15) is 5.69 Å². The molecule has 3 heterocycles. The number of hydrogen-bond acceptors (Lipinski definition) is 4. The molecule has 0 bridgehead atoms. The van der Waals surface area contributed by atoms with Crippen LogP contribution in [0.15, 0.2) is 52.0 Å². The lowest BCUT2D eigenvalue weighted by atomic mass is 10.1. The Kier molecular flexibility index (Phi) is 3.16. The Morgan fingerprint density at radius 1 is 1.26 bits per heavy atom. The summed E-state index contributed by atoms with van der Waals surface area (Å²) in [7, 11) is 1.54. The maximum atomic E-state index is 12.6. The van der Waals surface area contributed by atoms with Crippen LogP contribution in [0.5, 0.6) is 5.88 Å². The average molecular weight is 371 g/mol. The number of rotatable bonds is 2. The number of ether oxygens (including phenoxy) is 1. The van der Waals surface area contributed by atoms with Crippen molar-refractivity contribution >= 4 is 26.8 Å². The molecule has 4 rings (SSSR count). The van der Waals surface area contributed by atoms with Crippen LogP contribution in [0.1, 0.15) is 0 Å². The monoisotopic (exact) mass is 370 g/mol. The molecule has 2 aromatic rings. The quantitative estimate of drug-likeness (QED) is 0.588. The van der Waals surface area contributed by atoms with E-state index in [9.17, 15) is 4.79 Å². The van der Waals surface area contributed by atoms with Gasteiger partial charge in [0, 0.05) is 27.6 Å². The zero-order valence-corrected chi connectivity index (χ0v) is 13.7. The molecular formula is C16H11BrN4O2. The highest BCUT2D eigenvalue weighted by Gasteiger charge is 2.19. The van der Waals surface area contributed by atoms with Crippen LogP contribution in [0.25, 0.3) is 27.8 Å². The van der Waals surface area contributed by atoms with Crippen molar-refractivity contribution in [2.24, 2.45) is 0 Å². The van der Waals surface area contributed by atoms with Gasteiger partial charge in [0.15, 0.2) is 0 Å². The van der Waals surface area contributed by atoms with E-state index < -0.39 is 0 Å². The first kappa shape index (κ1) is 14.0. The molecule has 0 radical (unpaired) electrons. The first-order valence-corrected chi connectivity index (χ1v) is 7.67. The van der Waals surface area contributed by atoms with Crippen LogP contribution >= 0.6 is 15.9 Å². The summed E-state index contributed by atoms with van der Waals surface area (Å²) < 4.78 is 7.35. The van der Waals surface area contributed by atoms with Gasteiger partial charge in [0.25, 0.3) is 5.56 Å². The van der Waals surface area contributed by atoms with E-state index in [-0.39, 0.29) is 5.56 Å². The molecule has 0 saturated carbocycles. The third-order valence-corrected chi connectivity index (χ3v) is 4.15. The molecule has 6 nitrogen and oxygen atoms in total. The molecule has 0 unspecified atom stereocenters. The van der Waals surface area contributed by atoms with Crippen LogP contribution in [0.3, 0.4) is 0 Å². The molecular weight excluding hydrogens is 360 g/mol. The van der Waals surface area contributed by atoms with Crippen molar-refractivity contribution in [3.63, 3.8) is 0 Å². The molecule has 0 spiro atoms. The first-order valence-electron chi connectivity index (χ1n) is 6.87. The summed E-state index contributed by atoms with van der Waals surface area (Å²) in [5.41, 5.74) is 2.51. The lowest BCUT2D eigenvalue weighted by Crippen LogP contribution is -2.14. The second-order valence-electron chi connectivity index (χ2n) is 5.02. The van der Waals surface area contributed by atoms with Crippen LogP contribution in [-0.2, 0) is 0 Å². The minimum Gasteiger partial charge on any atom is -0.481 e. The van der Waals surface area contributed by atoms with Gasteiger partial charge in [-0.1, -0.05) is 15.9 Å². The normalized spacial score (nSPS) is 11.2. The number of fused-ring (bicyclic) bond motifs is 3. The number of nitrogens with one attached hydrogen (secondary N) is 1.